The Morgan fingerprint density at radius 3 is 2.38 bits per heavy atom. The number of hydrogen-bond acceptors (Lipinski definition) is 1. The molecule has 0 saturated heterocycles. The summed E-state index contributed by atoms with van der Waals surface area (Å²) in [6, 6.07) is 0.692. The van der Waals surface area contributed by atoms with Gasteiger partial charge in [0.1, 0.15) is 11.4 Å². The normalized spacial score (nSPS) is 10.9. The zero-order valence-electron chi connectivity index (χ0n) is 6.20. The Kier molecular flexibility index (Phi) is 3.08. The van der Waals surface area contributed by atoms with Gasteiger partial charge in [-0.25, -0.2) is 18.2 Å². The standard InChI is InChI=1S/C7H4ClF4N/c8-2-3-1-4(9)5(6(10)11)7(12)13-3/h1,6H,2H2. The molecule has 72 valence electrons. The van der Waals surface area contributed by atoms with Crippen molar-refractivity contribution in [3.63, 3.8) is 0 Å². The maximum absolute atomic E-state index is 12.7. The summed E-state index contributed by atoms with van der Waals surface area (Å²) in [6.45, 7) is 0. The van der Waals surface area contributed by atoms with Crippen LogP contribution < -0.4 is 0 Å². The first-order chi connectivity index (χ1) is 6.06. The molecule has 1 aromatic rings. The van der Waals surface area contributed by atoms with Crippen LogP contribution in [0.3, 0.4) is 0 Å². The number of halogens is 5. The lowest BCUT2D eigenvalue weighted by atomic mass is 10.2. The lowest BCUT2D eigenvalue weighted by Crippen LogP contribution is -2.02. The fraction of sp³-hybridized carbons (Fsp3) is 0.286. The number of nitrogens with zero attached hydrogens (tertiary/aromatic N) is 1. The third-order valence-electron chi connectivity index (χ3n) is 1.37. The summed E-state index contributed by atoms with van der Waals surface area (Å²) in [4.78, 5) is 3.06. The monoisotopic (exact) mass is 213 g/mol. The Morgan fingerprint density at radius 1 is 1.38 bits per heavy atom. The Morgan fingerprint density at radius 2 is 2.00 bits per heavy atom. The molecule has 1 aromatic heterocycles. The van der Waals surface area contributed by atoms with Gasteiger partial charge in [-0.2, -0.15) is 4.39 Å². The Labute approximate surface area is 76.3 Å². The van der Waals surface area contributed by atoms with Gasteiger partial charge in [-0.05, 0) is 6.07 Å². The summed E-state index contributed by atoms with van der Waals surface area (Å²) >= 11 is 5.22. The fourth-order valence-electron chi connectivity index (χ4n) is 0.804. The first-order valence-electron chi connectivity index (χ1n) is 3.25. The zero-order valence-corrected chi connectivity index (χ0v) is 6.95. The van der Waals surface area contributed by atoms with Crippen LogP contribution >= 0.6 is 11.6 Å². The molecule has 0 aliphatic rings. The molecule has 0 spiro atoms. The molecule has 0 unspecified atom stereocenters. The van der Waals surface area contributed by atoms with Crippen molar-refractivity contribution in [2.45, 2.75) is 12.3 Å². The lowest BCUT2D eigenvalue weighted by molar-refractivity contribution is 0.139. The molecule has 0 aromatic carbocycles. The number of hydrogen-bond donors (Lipinski definition) is 0. The molecule has 0 fully saturated rings. The number of alkyl halides is 3. The van der Waals surface area contributed by atoms with Crippen LogP contribution in [-0.4, -0.2) is 4.98 Å². The highest BCUT2D eigenvalue weighted by Crippen LogP contribution is 2.24. The second-order valence-electron chi connectivity index (χ2n) is 2.23. The van der Waals surface area contributed by atoms with Crippen molar-refractivity contribution >= 4 is 11.6 Å². The molecule has 0 atom stereocenters. The Hall–Kier alpha value is -0.840. The molecule has 1 nitrogen and oxygen atoms in total. The highest BCUT2D eigenvalue weighted by Gasteiger charge is 2.20. The molecular weight excluding hydrogens is 210 g/mol. The largest absolute Gasteiger partial charge is 0.271 e. The van der Waals surface area contributed by atoms with Gasteiger partial charge in [-0.15, -0.1) is 11.6 Å². The molecule has 13 heavy (non-hydrogen) atoms. The van der Waals surface area contributed by atoms with Gasteiger partial charge in [-0.1, -0.05) is 0 Å². The first kappa shape index (κ1) is 10.2. The smallest absolute Gasteiger partial charge is 0.223 e. The van der Waals surface area contributed by atoms with Crippen molar-refractivity contribution in [1.82, 2.24) is 4.98 Å². The summed E-state index contributed by atoms with van der Waals surface area (Å²) in [5.74, 6) is -3.05. The molecule has 1 rings (SSSR count). The van der Waals surface area contributed by atoms with Gasteiger partial charge in [-0.3, -0.25) is 0 Å². The maximum atomic E-state index is 12.7. The minimum atomic E-state index is -3.21. The fourth-order valence-corrected chi connectivity index (χ4v) is 0.941. The molecule has 0 aliphatic heterocycles. The van der Waals surface area contributed by atoms with E-state index < -0.39 is 23.8 Å². The molecule has 0 saturated carbocycles. The molecule has 6 heteroatoms. The lowest BCUT2D eigenvalue weighted by Gasteiger charge is -2.03. The van der Waals surface area contributed by atoms with Crippen molar-refractivity contribution in [3.05, 3.63) is 29.1 Å². The highest BCUT2D eigenvalue weighted by molar-refractivity contribution is 6.16. The van der Waals surface area contributed by atoms with Crippen LogP contribution in [0.2, 0.25) is 0 Å². The van der Waals surface area contributed by atoms with Gasteiger partial charge < -0.3 is 0 Å². The summed E-state index contributed by atoms with van der Waals surface area (Å²) in [5.41, 5.74) is -1.42. The van der Waals surface area contributed by atoms with Crippen molar-refractivity contribution in [2.24, 2.45) is 0 Å². The van der Waals surface area contributed by atoms with Gasteiger partial charge in [0.2, 0.25) is 5.95 Å². The highest BCUT2D eigenvalue weighted by atomic mass is 35.5. The van der Waals surface area contributed by atoms with Crippen LogP contribution in [0.5, 0.6) is 0 Å². The number of aromatic nitrogens is 1. The van der Waals surface area contributed by atoms with Crippen molar-refractivity contribution in [1.29, 1.82) is 0 Å². The van der Waals surface area contributed by atoms with E-state index in [2.05, 4.69) is 4.98 Å². The quantitative estimate of drug-likeness (QED) is 0.418. The predicted octanol–water partition coefficient (Wildman–Crippen LogP) is 3.04. The summed E-state index contributed by atoms with van der Waals surface area (Å²) in [5, 5.41) is 0. The molecule has 0 aliphatic carbocycles. The minimum Gasteiger partial charge on any atom is -0.223 e. The second-order valence-corrected chi connectivity index (χ2v) is 2.50. The molecule has 0 bridgehead atoms. The summed E-state index contributed by atoms with van der Waals surface area (Å²) < 4.78 is 49.3. The number of pyridine rings is 1. The van der Waals surface area contributed by atoms with E-state index >= 15 is 0 Å². The zero-order chi connectivity index (χ0) is 10.0. The Bertz CT molecular complexity index is 292. The van der Waals surface area contributed by atoms with E-state index in [0.29, 0.717) is 6.07 Å². The Balaban J connectivity index is 3.23. The van der Waals surface area contributed by atoms with E-state index in [0.717, 1.165) is 0 Å². The topological polar surface area (TPSA) is 12.9 Å². The van der Waals surface area contributed by atoms with E-state index in [1.54, 1.807) is 0 Å². The van der Waals surface area contributed by atoms with Crippen LogP contribution in [0.25, 0.3) is 0 Å². The van der Waals surface area contributed by atoms with Gasteiger partial charge >= 0.3 is 0 Å². The molecule has 0 amide bonds. The average molecular weight is 214 g/mol. The van der Waals surface area contributed by atoms with E-state index in [1.165, 1.54) is 0 Å². The minimum absolute atomic E-state index is 0.110. The average Bonchev–Trinajstić information content (AvgIpc) is 2.02. The van der Waals surface area contributed by atoms with E-state index in [9.17, 15) is 17.6 Å². The molecular formula is C7H4ClF4N. The number of rotatable bonds is 2. The molecule has 0 radical (unpaired) electrons. The SMILES string of the molecule is Fc1cc(CCl)nc(F)c1C(F)F. The molecule has 0 N–H and O–H groups in total. The van der Waals surface area contributed by atoms with Crippen LogP contribution in [0, 0.1) is 11.8 Å². The third kappa shape index (κ3) is 2.09. The van der Waals surface area contributed by atoms with Gasteiger partial charge in [0.05, 0.1) is 11.6 Å². The van der Waals surface area contributed by atoms with Crippen LogP contribution in [0.4, 0.5) is 17.6 Å². The maximum Gasteiger partial charge on any atom is 0.271 e. The van der Waals surface area contributed by atoms with Crippen molar-refractivity contribution in [3.8, 4) is 0 Å². The summed E-state index contributed by atoms with van der Waals surface area (Å²) in [7, 11) is 0. The van der Waals surface area contributed by atoms with Crippen LogP contribution in [-0.2, 0) is 5.88 Å². The molecule has 1 heterocycles. The van der Waals surface area contributed by atoms with E-state index in [-0.39, 0.29) is 11.6 Å². The van der Waals surface area contributed by atoms with Gasteiger partial charge in [0.25, 0.3) is 6.43 Å². The third-order valence-corrected chi connectivity index (χ3v) is 1.64. The van der Waals surface area contributed by atoms with Crippen LogP contribution in [0.15, 0.2) is 6.07 Å². The van der Waals surface area contributed by atoms with Crippen LogP contribution in [0.1, 0.15) is 17.7 Å². The van der Waals surface area contributed by atoms with E-state index in [1.807, 2.05) is 0 Å². The van der Waals surface area contributed by atoms with Gasteiger partial charge in [0.15, 0.2) is 0 Å². The van der Waals surface area contributed by atoms with E-state index in [4.69, 9.17) is 11.6 Å². The predicted molar refractivity (Wildman–Crippen MR) is 38.7 cm³/mol. The summed E-state index contributed by atoms with van der Waals surface area (Å²) in [6.07, 6.45) is -3.21. The first-order valence-corrected chi connectivity index (χ1v) is 3.78. The second kappa shape index (κ2) is 3.91. The van der Waals surface area contributed by atoms with Crippen molar-refractivity contribution < 1.29 is 17.6 Å². The van der Waals surface area contributed by atoms with Gasteiger partial charge in [0, 0.05) is 0 Å². The van der Waals surface area contributed by atoms with Crippen molar-refractivity contribution in [2.75, 3.05) is 0 Å².